The van der Waals surface area contributed by atoms with E-state index < -0.39 is 11.6 Å². The molecule has 1 aromatic rings. The summed E-state index contributed by atoms with van der Waals surface area (Å²) in [6.45, 7) is 2.65. The number of rotatable bonds is 7. The molecule has 20 heavy (non-hydrogen) atoms. The first-order valence-corrected chi connectivity index (χ1v) is 7.41. The third kappa shape index (κ3) is 5.17. The molecule has 0 heterocycles. The predicted molar refractivity (Wildman–Crippen MR) is 79.4 cm³/mol. The second-order valence-electron chi connectivity index (χ2n) is 4.68. The highest BCUT2D eigenvalue weighted by Crippen LogP contribution is 2.24. The summed E-state index contributed by atoms with van der Waals surface area (Å²) < 4.78 is 26.7. The van der Waals surface area contributed by atoms with E-state index in [1.54, 1.807) is 0 Å². The van der Waals surface area contributed by atoms with E-state index >= 15 is 0 Å². The normalized spacial score (nSPS) is 12.2. The van der Waals surface area contributed by atoms with Crippen molar-refractivity contribution in [1.82, 2.24) is 0 Å². The van der Waals surface area contributed by atoms with Gasteiger partial charge in [-0.25, -0.2) is 8.78 Å². The molecule has 0 aliphatic carbocycles. The lowest BCUT2D eigenvalue weighted by Gasteiger charge is -2.13. The predicted octanol–water partition coefficient (Wildman–Crippen LogP) is 3.82. The quantitative estimate of drug-likeness (QED) is 0.736. The highest BCUT2D eigenvalue weighted by molar-refractivity contribution is 9.10. The first-order chi connectivity index (χ1) is 9.47. The molecule has 1 amide bonds. The molecule has 0 aromatic heterocycles. The lowest BCUT2D eigenvalue weighted by Crippen LogP contribution is -2.16. The van der Waals surface area contributed by atoms with Crippen LogP contribution in [0.2, 0.25) is 0 Å². The standard InChI is InChI=1S/C14H19BrF2N2O/c1-2-9(5-6-18)3-4-14(20)19-13-7-10(15)11(16)8-12(13)17/h7-9H,2-6,18H2,1H3,(H,19,20). The van der Waals surface area contributed by atoms with Crippen molar-refractivity contribution in [2.24, 2.45) is 11.7 Å². The summed E-state index contributed by atoms with van der Waals surface area (Å²) in [5.41, 5.74) is 5.48. The van der Waals surface area contributed by atoms with E-state index in [0.29, 0.717) is 25.3 Å². The molecule has 0 aliphatic heterocycles. The van der Waals surface area contributed by atoms with Crippen LogP contribution >= 0.6 is 15.9 Å². The van der Waals surface area contributed by atoms with Gasteiger partial charge in [0.2, 0.25) is 5.91 Å². The lowest BCUT2D eigenvalue weighted by molar-refractivity contribution is -0.116. The van der Waals surface area contributed by atoms with Crippen molar-refractivity contribution in [2.45, 2.75) is 32.6 Å². The summed E-state index contributed by atoms with van der Waals surface area (Å²) in [6, 6.07) is 1.96. The van der Waals surface area contributed by atoms with Gasteiger partial charge >= 0.3 is 0 Å². The van der Waals surface area contributed by atoms with Crippen LogP contribution in [0.5, 0.6) is 0 Å². The molecule has 0 aliphatic rings. The molecule has 3 nitrogen and oxygen atoms in total. The Morgan fingerprint density at radius 1 is 1.35 bits per heavy atom. The second-order valence-corrected chi connectivity index (χ2v) is 5.54. The molecule has 0 radical (unpaired) electrons. The number of hydrogen-bond acceptors (Lipinski definition) is 2. The molecular formula is C14H19BrF2N2O. The number of carbonyl (C=O) groups is 1. The van der Waals surface area contributed by atoms with Gasteiger partial charge in [-0.3, -0.25) is 4.79 Å². The molecule has 1 aromatic carbocycles. The number of anilines is 1. The molecule has 0 saturated carbocycles. The van der Waals surface area contributed by atoms with Gasteiger partial charge in [0, 0.05) is 12.5 Å². The second kappa shape index (κ2) is 8.32. The van der Waals surface area contributed by atoms with Gasteiger partial charge in [-0.2, -0.15) is 0 Å². The van der Waals surface area contributed by atoms with E-state index in [4.69, 9.17) is 5.73 Å². The van der Waals surface area contributed by atoms with E-state index in [9.17, 15) is 13.6 Å². The highest BCUT2D eigenvalue weighted by atomic mass is 79.9. The SMILES string of the molecule is CCC(CCN)CCC(=O)Nc1cc(Br)c(F)cc1F. The van der Waals surface area contributed by atoms with E-state index in [1.165, 1.54) is 6.07 Å². The van der Waals surface area contributed by atoms with Crippen LogP contribution in [0.4, 0.5) is 14.5 Å². The Labute approximate surface area is 126 Å². The molecule has 112 valence electrons. The maximum Gasteiger partial charge on any atom is 0.224 e. The van der Waals surface area contributed by atoms with Gasteiger partial charge in [-0.05, 0) is 47.3 Å². The lowest BCUT2D eigenvalue weighted by atomic mass is 9.96. The zero-order valence-electron chi connectivity index (χ0n) is 11.4. The summed E-state index contributed by atoms with van der Waals surface area (Å²) in [5.74, 6) is -1.36. The molecule has 3 N–H and O–H groups in total. The fourth-order valence-corrected chi connectivity index (χ4v) is 2.30. The monoisotopic (exact) mass is 348 g/mol. The maximum atomic E-state index is 13.5. The minimum Gasteiger partial charge on any atom is -0.330 e. The maximum absolute atomic E-state index is 13.5. The van der Waals surface area contributed by atoms with Gasteiger partial charge in [0.1, 0.15) is 11.6 Å². The smallest absolute Gasteiger partial charge is 0.224 e. The molecule has 0 fully saturated rings. The summed E-state index contributed by atoms with van der Waals surface area (Å²) in [6.07, 6.45) is 2.84. The number of amides is 1. The fraction of sp³-hybridized carbons (Fsp3) is 0.500. The Bertz CT molecular complexity index is 469. The number of hydrogen-bond donors (Lipinski definition) is 2. The van der Waals surface area contributed by atoms with E-state index in [1.807, 2.05) is 0 Å². The number of nitrogens with two attached hydrogens (primary N) is 1. The van der Waals surface area contributed by atoms with Gasteiger partial charge < -0.3 is 11.1 Å². The zero-order chi connectivity index (χ0) is 15.1. The Balaban J connectivity index is 2.56. The third-order valence-corrected chi connectivity index (χ3v) is 3.82. The van der Waals surface area contributed by atoms with Crippen LogP contribution in [0.1, 0.15) is 32.6 Å². The first-order valence-electron chi connectivity index (χ1n) is 6.62. The van der Waals surface area contributed by atoms with Crippen LogP contribution in [-0.4, -0.2) is 12.5 Å². The van der Waals surface area contributed by atoms with Crippen molar-refractivity contribution in [3.63, 3.8) is 0 Å². The van der Waals surface area contributed by atoms with Crippen LogP contribution in [0.15, 0.2) is 16.6 Å². The van der Waals surface area contributed by atoms with Crippen LogP contribution in [-0.2, 0) is 4.79 Å². The Kier molecular flexibility index (Phi) is 7.09. The van der Waals surface area contributed by atoms with Gasteiger partial charge in [-0.1, -0.05) is 13.3 Å². The number of benzene rings is 1. The van der Waals surface area contributed by atoms with Crippen molar-refractivity contribution in [3.05, 3.63) is 28.2 Å². The average molecular weight is 349 g/mol. The zero-order valence-corrected chi connectivity index (χ0v) is 13.0. The molecule has 0 spiro atoms. The van der Waals surface area contributed by atoms with Crippen LogP contribution in [0, 0.1) is 17.6 Å². The topological polar surface area (TPSA) is 55.1 Å². The molecule has 1 rings (SSSR count). The molecular weight excluding hydrogens is 330 g/mol. The molecule has 1 unspecified atom stereocenters. The van der Waals surface area contributed by atoms with E-state index in [2.05, 4.69) is 28.2 Å². The highest BCUT2D eigenvalue weighted by Gasteiger charge is 2.13. The average Bonchev–Trinajstić information content (AvgIpc) is 2.40. The van der Waals surface area contributed by atoms with Crippen molar-refractivity contribution in [1.29, 1.82) is 0 Å². The van der Waals surface area contributed by atoms with Crippen LogP contribution in [0.3, 0.4) is 0 Å². The van der Waals surface area contributed by atoms with Gasteiger partial charge in [-0.15, -0.1) is 0 Å². The van der Waals surface area contributed by atoms with Crippen molar-refractivity contribution < 1.29 is 13.6 Å². The number of carbonyl (C=O) groups excluding carboxylic acids is 1. The van der Waals surface area contributed by atoms with Gasteiger partial charge in [0.15, 0.2) is 0 Å². The number of halogens is 3. The summed E-state index contributed by atoms with van der Waals surface area (Å²) in [7, 11) is 0. The largest absolute Gasteiger partial charge is 0.330 e. The van der Waals surface area contributed by atoms with Crippen molar-refractivity contribution in [3.8, 4) is 0 Å². The van der Waals surface area contributed by atoms with Crippen LogP contribution in [0.25, 0.3) is 0 Å². The third-order valence-electron chi connectivity index (χ3n) is 3.22. The van der Waals surface area contributed by atoms with Crippen LogP contribution < -0.4 is 11.1 Å². The Morgan fingerprint density at radius 2 is 2.05 bits per heavy atom. The summed E-state index contributed by atoms with van der Waals surface area (Å²) in [5, 5.41) is 2.46. The van der Waals surface area contributed by atoms with Gasteiger partial charge in [0.25, 0.3) is 0 Å². The van der Waals surface area contributed by atoms with Crippen molar-refractivity contribution in [2.75, 3.05) is 11.9 Å². The first kappa shape index (κ1) is 17.0. The molecule has 0 bridgehead atoms. The van der Waals surface area contributed by atoms with E-state index in [-0.39, 0.29) is 16.1 Å². The Hall–Kier alpha value is -1.01. The van der Waals surface area contributed by atoms with E-state index in [0.717, 1.165) is 18.9 Å². The van der Waals surface area contributed by atoms with Crippen molar-refractivity contribution >= 4 is 27.5 Å². The summed E-state index contributed by atoms with van der Waals surface area (Å²) in [4.78, 5) is 11.8. The summed E-state index contributed by atoms with van der Waals surface area (Å²) >= 11 is 2.96. The fourth-order valence-electron chi connectivity index (χ4n) is 1.95. The minimum atomic E-state index is -0.784. The number of nitrogens with one attached hydrogen (secondary N) is 1. The Morgan fingerprint density at radius 3 is 2.65 bits per heavy atom. The van der Waals surface area contributed by atoms with Gasteiger partial charge in [0.05, 0.1) is 10.2 Å². The minimum absolute atomic E-state index is 0.0184. The molecule has 6 heteroatoms. The molecule has 1 atom stereocenters. The molecule has 0 saturated heterocycles.